The molecule has 1 aromatic heterocycles. The number of piperidine rings is 1. The number of benzene rings is 2. The van der Waals surface area contributed by atoms with E-state index in [4.69, 9.17) is 11.6 Å². The van der Waals surface area contributed by atoms with Crippen LogP contribution in [0.15, 0.2) is 36.7 Å². The zero-order valence-corrected chi connectivity index (χ0v) is 16.3. The Morgan fingerprint density at radius 2 is 2.23 bits per heavy atom. The van der Waals surface area contributed by atoms with E-state index in [9.17, 15) is 14.5 Å². The summed E-state index contributed by atoms with van der Waals surface area (Å²) in [6.45, 7) is 1.75. The van der Waals surface area contributed by atoms with Crippen LogP contribution in [0.5, 0.6) is 0 Å². The van der Waals surface area contributed by atoms with Crippen LogP contribution in [-0.4, -0.2) is 28.0 Å². The van der Waals surface area contributed by atoms with Crippen LogP contribution in [0.1, 0.15) is 12.0 Å². The molecule has 150 valence electrons. The lowest BCUT2D eigenvalue weighted by Gasteiger charge is -2.10. The van der Waals surface area contributed by atoms with E-state index in [-0.39, 0.29) is 27.6 Å². The Kier molecular flexibility index (Phi) is 4.31. The van der Waals surface area contributed by atoms with Crippen LogP contribution >= 0.6 is 11.6 Å². The lowest BCUT2D eigenvalue weighted by molar-refractivity contribution is -0.385. The highest BCUT2D eigenvalue weighted by atomic mass is 35.5. The smallest absolute Gasteiger partial charge is 0.285 e. The Morgan fingerprint density at radius 1 is 1.37 bits per heavy atom. The summed E-state index contributed by atoms with van der Waals surface area (Å²) in [6.07, 6.45) is 2.34. The molecule has 3 aromatic rings. The Morgan fingerprint density at radius 3 is 2.97 bits per heavy atom. The quantitative estimate of drug-likeness (QED) is 0.375. The monoisotopic (exact) mass is 423 g/mol. The van der Waals surface area contributed by atoms with Crippen molar-refractivity contribution in [2.45, 2.75) is 6.42 Å². The number of rotatable bonds is 3. The Balaban J connectivity index is 1.58. The van der Waals surface area contributed by atoms with Gasteiger partial charge in [-0.15, -0.1) is 0 Å². The van der Waals surface area contributed by atoms with Crippen molar-refractivity contribution in [3.05, 3.63) is 63.2 Å². The van der Waals surface area contributed by atoms with Gasteiger partial charge in [0.25, 0.3) is 5.69 Å². The molecule has 0 spiro atoms. The van der Waals surface area contributed by atoms with E-state index >= 15 is 0 Å². The molecule has 5 rings (SSSR count). The molecule has 2 fully saturated rings. The largest absolute Gasteiger partial charge is 0.337 e. The SMILES string of the molecule is O=[N+]([O-])c1cc2c(Nc3cccc(Cl)c3F)ncnc2cc1C#CC12CNCC1C2. The van der Waals surface area contributed by atoms with Crippen LogP contribution in [0.4, 0.5) is 21.6 Å². The number of hydrogen-bond donors (Lipinski definition) is 2. The van der Waals surface area contributed by atoms with E-state index in [1.54, 1.807) is 12.1 Å². The van der Waals surface area contributed by atoms with Crippen molar-refractivity contribution < 1.29 is 9.31 Å². The number of nitrogens with one attached hydrogen (secondary N) is 2. The predicted octanol–water partition coefficient (Wildman–Crippen LogP) is 4.04. The van der Waals surface area contributed by atoms with Gasteiger partial charge in [-0.3, -0.25) is 10.1 Å². The first-order valence-corrected chi connectivity index (χ1v) is 9.73. The summed E-state index contributed by atoms with van der Waals surface area (Å²) in [7, 11) is 0. The van der Waals surface area contributed by atoms with Gasteiger partial charge in [-0.25, -0.2) is 14.4 Å². The standard InChI is InChI=1S/C21H15ClFN5O2/c22-15-2-1-3-16(19(15)23)27-20-14-7-18(28(29)30)12(6-17(14)25-11-26-20)4-5-21-8-13(21)9-24-10-21/h1-3,6-7,11,13,24H,8-10H2,(H,25,26,27). The number of nitro benzene ring substituents is 1. The van der Waals surface area contributed by atoms with Crippen molar-refractivity contribution in [2.24, 2.45) is 11.3 Å². The fourth-order valence-electron chi connectivity index (χ4n) is 3.89. The maximum Gasteiger partial charge on any atom is 0.285 e. The van der Waals surface area contributed by atoms with Gasteiger partial charge in [-0.05, 0) is 37.1 Å². The molecule has 0 radical (unpaired) electrons. The third-order valence-electron chi connectivity index (χ3n) is 5.66. The minimum atomic E-state index is -0.633. The highest BCUT2D eigenvalue weighted by Gasteiger charge is 2.56. The third kappa shape index (κ3) is 3.12. The number of nitro groups is 1. The molecule has 2 aromatic carbocycles. The van der Waals surface area contributed by atoms with Gasteiger partial charge in [0, 0.05) is 23.4 Å². The lowest BCUT2D eigenvalue weighted by atomic mass is 10.0. The first-order valence-electron chi connectivity index (χ1n) is 9.35. The number of fused-ring (bicyclic) bond motifs is 2. The first-order chi connectivity index (χ1) is 14.5. The highest BCUT2D eigenvalue weighted by Crippen LogP contribution is 2.54. The summed E-state index contributed by atoms with van der Waals surface area (Å²) in [5, 5.41) is 18.2. The molecule has 1 saturated heterocycles. The average molecular weight is 424 g/mol. The average Bonchev–Trinajstić information content (AvgIpc) is 3.28. The third-order valence-corrected chi connectivity index (χ3v) is 5.96. The molecule has 1 aliphatic carbocycles. The van der Waals surface area contributed by atoms with Crippen molar-refractivity contribution in [1.82, 2.24) is 15.3 Å². The van der Waals surface area contributed by atoms with Crippen molar-refractivity contribution in [3.63, 3.8) is 0 Å². The molecule has 2 atom stereocenters. The number of halogens is 2. The van der Waals surface area contributed by atoms with Gasteiger partial charge in [0.05, 0.1) is 21.2 Å². The van der Waals surface area contributed by atoms with Crippen LogP contribution in [-0.2, 0) is 0 Å². The fraction of sp³-hybridized carbons (Fsp3) is 0.238. The number of aromatic nitrogens is 2. The summed E-state index contributed by atoms with van der Waals surface area (Å²) >= 11 is 5.83. The van der Waals surface area contributed by atoms with E-state index in [0.717, 1.165) is 19.5 Å². The van der Waals surface area contributed by atoms with Gasteiger partial charge >= 0.3 is 0 Å². The number of nitrogens with zero attached hydrogens (tertiary/aromatic N) is 3. The number of anilines is 2. The van der Waals surface area contributed by atoms with E-state index in [2.05, 4.69) is 32.4 Å². The van der Waals surface area contributed by atoms with Crippen molar-refractivity contribution in [1.29, 1.82) is 0 Å². The molecule has 30 heavy (non-hydrogen) atoms. The van der Waals surface area contributed by atoms with Crippen molar-refractivity contribution in [3.8, 4) is 11.8 Å². The second-order valence-electron chi connectivity index (χ2n) is 7.53. The minimum absolute atomic E-state index is 0.0407. The normalized spacial score (nSPS) is 21.6. The minimum Gasteiger partial charge on any atom is -0.337 e. The molecule has 2 unspecified atom stereocenters. The highest BCUT2D eigenvalue weighted by molar-refractivity contribution is 6.31. The van der Waals surface area contributed by atoms with Gasteiger partial charge in [0.1, 0.15) is 17.7 Å². The topological polar surface area (TPSA) is 93.0 Å². The summed E-state index contributed by atoms with van der Waals surface area (Å²) < 4.78 is 14.3. The van der Waals surface area contributed by atoms with Crippen molar-refractivity contribution >= 4 is 39.7 Å². The van der Waals surface area contributed by atoms with Crippen LogP contribution in [0.25, 0.3) is 10.9 Å². The lowest BCUT2D eigenvalue weighted by Crippen LogP contribution is -2.14. The first kappa shape index (κ1) is 18.7. The Bertz CT molecular complexity index is 1270. The molecule has 1 aliphatic heterocycles. The summed E-state index contributed by atoms with van der Waals surface area (Å²) in [5.41, 5.74) is 0.684. The molecule has 2 N–H and O–H groups in total. The fourth-order valence-corrected chi connectivity index (χ4v) is 4.07. The molecule has 0 amide bonds. The zero-order valence-electron chi connectivity index (χ0n) is 15.6. The van der Waals surface area contributed by atoms with E-state index < -0.39 is 10.7 Å². The van der Waals surface area contributed by atoms with Crippen LogP contribution in [0, 0.1) is 39.1 Å². The van der Waals surface area contributed by atoms with Gasteiger partial charge < -0.3 is 10.6 Å². The molecular weight excluding hydrogens is 409 g/mol. The molecule has 1 saturated carbocycles. The van der Waals surface area contributed by atoms with Crippen LogP contribution in [0.2, 0.25) is 5.02 Å². The van der Waals surface area contributed by atoms with Crippen molar-refractivity contribution in [2.75, 3.05) is 18.4 Å². The van der Waals surface area contributed by atoms with Crippen LogP contribution < -0.4 is 10.6 Å². The van der Waals surface area contributed by atoms with E-state index in [1.807, 2.05) is 0 Å². The summed E-state index contributed by atoms with van der Waals surface area (Å²) in [4.78, 5) is 19.6. The molecule has 2 heterocycles. The van der Waals surface area contributed by atoms with Crippen LogP contribution in [0.3, 0.4) is 0 Å². The molecule has 0 bridgehead atoms. The summed E-state index contributed by atoms with van der Waals surface area (Å²) in [6, 6.07) is 7.48. The Labute approximate surface area is 175 Å². The summed E-state index contributed by atoms with van der Waals surface area (Å²) in [5.74, 6) is 6.37. The van der Waals surface area contributed by atoms with Gasteiger partial charge in [0.15, 0.2) is 5.82 Å². The molecular formula is C21H15ClFN5O2. The molecule has 7 nitrogen and oxygen atoms in total. The second kappa shape index (κ2) is 6.90. The maximum atomic E-state index is 14.3. The predicted molar refractivity (Wildman–Crippen MR) is 111 cm³/mol. The van der Waals surface area contributed by atoms with E-state index in [0.29, 0.717) is 22.4 Å². The van der Waals surface area contributed by atoms with Gasteiger partial charge in [-0.1, -0.05) is 29.5 Å². The second-order valence-corrected chi connectivity index (χ2v) is 7.94. The maximum absolute atomic E-state index is 14.3. The zero-order chi connectivity index (χ0) is 20.9. The molecule has 2 aliphatic rings. The van der Waals surface area contributed by atoms with Gasteiger partial charge in [0.2, 0.25) is 0 Å². The van der Waals surface area contributed by atoms with Gasteiger partial charge in [-0.2, -0.15) is 0 Å². The molecule has 9 heteroatoms. The number of hydrogen-bond acceptors (Lipinski definition) is 6. The Hall–Kier alpha value is -3.28. The van der Waals surface area contributed by atoms with E-state index in [1.165, 1.54) is 24.5 Å².